The average molecular weight is 425 g/mol. The molecule has 142 valence electrons. The van der Waals surface area contributed by atoms with E-state index in [4.69, 9.17) is 9.47 Å². The van der Waals surface area contributed by atoms with Crippen LogP contribution >= 0.6 is 15.9 Å². The Bertz CT molecular complexity index is 728. The zero-order valence-corrected chi connectivity index (χ0v) is 17.3. The number of rotatable bonds is 6. The molecule has 1 aromatic rings. The van der Waals surface area contributed by atoms with Crippen LogP contribution in [0, 0.1) is 5.92 Å². The van der Waals surface area contributed by atoms with Crippen molar-refractivity contribution >= 4 is 27.9 Å². The molecule has 0 saturated carbocycles. The highest BCUT2D eigenvalue weighted by atomic mass is 79.9. The molecule has 1 aliphatic heterocycles. The standard InChI is InChI=1S/C19H25BrN2O4/c1-6-25-18(23)15-16(10(2)3)21-19(24)22-17(15)12-7-8-14(13(20)9-12)26-11(4)5/h7-11,17H,6H2,1-5H3,(H2,21,22,24). The lowest BCUT2D eigenvalue weighted by Gasteiger charge is -2.31. The van der Waals surface area contributed by atoms with Crippen LogP contribution < -0.4 is 15.4 Å². The zero-order valence-electron chi connectivity index (χ0n) is 15.7. The Balaban J connectivity index is 2.50. The van der Waals surface area contributed by atoms with Gasteiger partial charge < -0.3 is 20.1 Å². The van der Waals surface area contributed by atoms with Crippen molar-refractivity contribution in [3.05, 3.63) is 39.5 Å². The van der Waals surface area contributed by atoms with Gasteiger partial charge in [0.2, 0.25) is 0 Å². The summed E-state index contributed by atoms with van der Waals surface area (Å²) in [5.41, 5.74) is 1.77. The predicted molar refractivity (Wildman–Crippen MR) is 103 cm³/mol. The highest BCUT2D eigenvalue weighted by Crippen LogP contribution is 2.35. The van der Waals surface area contributed by atoms with Gasteiger partial charge in [-0.25, -0.2) is 9.59 Å². The van der Waals surface area contributed by atoms with Crippen LogP contribution in [-0.2, 0) is 9.53 Å². The molecular formula is C19H25BrN2O4. The van der Waals surface area contributed by atoms with E-state index in [9.17, 15) is 9.59 Å². The van der Waals surface area contributed by atoms with Crippen molar-refractivity contribution in [2.24, 2.45) is 5.92 Å². The Morgan fingerprint density at radius 3 is 2.50 bits per heavy atom. The molecule has 0 saturated heterocycles. The van der Waals surface area contributed by atoms with Crippen molar-refractivity contribution < 1.29 is 19.1 Å². The second-order valence-corrected chi connectivity index (χ2v) is 7.44. The molecular weight excluding hydrogens is 400 g/mol. The molecule has 26 heavy (non-hydrogen) atoms. The van der Waals surface area contributed by atoms with Gasteiger partial charge in [0.25, 0.3) is 0 Å². The maximum absolute atomic E-state index is 12.6. The van der Waals surface area contributed by atoms with Crippen molar-refractivity contribution in [3.8, 4) is 5.75 Å². The van der Waals surface area contributed by atoms with E-state index < -0.39 is 12.0 Å². The van der Waals surface area contributed by atoms with Crippen molar-refractivity contribution in [2.75, 3.05) is 6.61 Å². The number of ether oxygens (including phenoxy) is 2. The Hall–Kier alpha value is -2.02. The third kappa shape index (κ3) is 4.58. The summed E-state index contributed by atoms with van der Waals surface area (Å²) in [6, 6.07) is 4.59. The second-order valence-electron chi connectivity index (χ2n) is 6.59. The summed E-state index contributed by atoms with van der Waals surface area (Å²) in [5, 5.41) is 5.57. The summed E-state index contributed by atoms with van der Waals surface area (Å²) in [7, 11) is 0. The van der Waals surface area contributed by atoms with Gasteiger partial charge in [0.15, 0.2) is 0 Å². The van der Waals surface area contributed by atoms with Gasteiger partial charge in [-0.15, -0.1) is 0 Å². The minimum atomic E-state index is -0.593. The minimum Gasteiger partial charge on any atom is -0.490 e. The number of amides is 2. The highest BCUT2D eigenvalue weighted by Gasteiger charge is 2.34. The normalized spacial score (nSPS) is 17.2. The second kappa shape index (κ2) is 8.58. The lowest BCUT2D eigenvalue weighted by atomic mass is 9.91. The topological polar surface area (TPSA) is 76.7 Å². The number of nitrogens with one attached hydrogen (secondary N) is 2. The fraction of sp³-hybridized carbons (Fsp3) is 0.474. The van der Waals surface area contributed by atoms with Gasteiger partial charge in [-0.3, -0.25) is 0 Å². The van der Waals surface area contributed by atoms with Gasteiger partial charge in [0.05, 0.1) is 28.8 Å². The molecule has 1 unspecified atom stereocenters. The average Bonchev–Trinajstić information content (AvgIpc) is 2.55. The van der Waals surface area contributed by atoms with E-state index >= 15 is 0 Å². The van der Waals surface area contributed by atoms with Crippen molar-refractivity contribution in [1.82, 2.24) is 10.6 Å². The molecule has 2 rings (SSSR count). The van der Waals surface area contributed by atoms with Crippen molar-refractivity contribution in [1.29, 1.82) is 0 Å². The van der Waals surface area contributed by atoms with Gasteiger partial charge >= 0.3 is 12.0 Å². The minimum absolute atomic E-state index is 0.0325. The molecule has 7 heteroatoms. The molecule has 1 aromatic carbocycles. The molecule has 0 fully saturated rings. The van der Waals surface area contributed by atoms with Crippen LogP contribution in [0.15, 0.2) is 33.9 Å². The summed E-state index contributed by atoms with van der Waals surface area (Å²) >= 11 is 3.50. The summed E-state index contributed by atoms with van der Waals surface area (Å²) in [5.74, 6) is 0.233. The van der Waals surface area contributed by atoms with Crippen LogP contribution in [0.1, 0.15) is 46.2 Å². The molecule has 1 atom stereocenters. The number of esters is 1. The van der Waals surface area contributed by atoms with E-state index in [0.29, 0.717) is 17.0 Å². The third-order valence-electron chi connectivity index (χ3n) is 3.83. The Morgan fingerprint density at radius 1 is 1.27 bits per heavy atom. The first-order chi connectivity index (χ1) is 12.2. The molecule has 0 bridgehead atoms. The van der Waals surface area contributed by atoms with E-state index in [-0.39, 0.29) is 24.7 Å². The largest absolute Gasteiger partial charge is 0.490 e. The summed E-state index contributed by atoms with van der Waals surface area (Å²) in [4.78, 5) is 24.7. The molecule has 1 aliphatic rings. The van der Waals surface area contributed by atoms with E-state index in [0.717, 1.165) is 10.0 Å². The number of hydrogen-bond acceptors (Lipinski definition) is 4. The van der Waals surface area contributed by atoms with E-state index in [1.54, 1.807) is 6.92 Å². The first-order valence-corrected chi connectivity index (χ1v) is 9.48. The van der Waals surface area contributed by atoms with Gasteiger partial charge in [-0.2, -0.15) is 0 Å². The monoisotopic (exact) mass is 424 g/mol. The number of benzene rings is 1. The molecule has 6 nitrogen and oxygen atoms in total. The van der Waals surface area contributed by atoms with Crippen LogP contribution in [0.2, 0.25) is 0 Å². The fourth-order valence-electron chi connectivity index (χ4n) is 2.77. The predicted octanol–water partition coefficient (Wildman–Crippen LogP) is 4.06. The van der Waals surface area contributed by atoms with Crippen LogP contribution in [-0.4, -0.2) is 24.7 Å². The van der Waals surface area contributed by atoms with Gasteiger partial charge in [0, 0.05) is 5.70 Å². The zero-order chi connectivity index (χ0) is 19.4. The van der Waals surface area contributed by atoms with Crippen LogP contribution in [0.4, 0.5) is 4.79 Å². The quantitative estimate of drug-likeness (QED) is 0.674. The SMILES string of the molecule is CCOC(=O)C1=C(C(C)C)NC(=O)NC1c1ccc(OC(C)C)c(Br)c1. The maximum atomic E-state index is 12.6. The first-order valence-electron chi connectivity index (χ1n) is 8.69. The first kappa shape index (κ1) is 20.3. The highest BCUT2D eigenvalue weighted by molar-refractivity contribution is 9.10. The smallest absolute Gasteiger partial charge is 0.338 e. The summed E-state index contributed by atoms with van der Waals surface area (Å²) in [6.45, 7) is 9.76. The van der Waals surface area contributed by atoms with Crippen LogP contribution in [0.3, 0.4) is 0 Å². The molecule has 0 aromatic heterocycles. The molecule has 2 N–H and O–H groups in total. The van der Waals surface area contributed by atoms with Gasteiger partial charge in [-0.05, 0) is 60.3 Å². The lowest BCUT2D eigenvalue weighted by molar-refractivity contribution is -0.139. The van der Waals surface area contributed by atoms with Crippen LogP contribution in [0.25, 0.3) is 0 Å². The third-order valence-corrected chi connectivity index (χ3v) is 4.45. The maximum Gasteiger partial charge on any atom is 0.338 e. The summed E-state index contributed by atoms with van der Waals surface area (Å²) in [6.07, 6.45) is 0.0401. The summed E-state index contributed by atoms with van der Waals surface area (Å²) < 4.78 is 11.7. The molecule has 1 heterocycles. The van der Waals surface area contributed by atoms with Crippen molar-refractivity contribution in [2.45, 2.75) is 46.8 Å². The fourth-order valence-corrected chi connectivity index (χ4v) is 3.26. The number of allylic oxidation sites excluding steroid dienone is 1. The number of halogens is 1. The lowest BCUT2D eigenvalue weighted by Crippen LogP contribution is -2.47. The molecule has 2 amide bonds. The Kier molecular flexibility index (Phi) is 6.69. The van der Waals surface area contributed by atoms with E-state index in [1.807, 2.05) is 45.9 Å². The molecule has 0 spiro atoms. The van der Waals surface area contributed by atoms with E-state index in [2.05, 4.69) is 26.6 Å². The van der Waals surface area contributed by atoms with Crippen molar-refractivity contribution in [3.63, 3.8) is 0 Å². The van der Waals surface area contributed by atoms with Crippen LogP contribution in [0.5, 0.6) is 5.75 Å². The van der Waals surface area contributed by atoms with Gasteiger partial charge in [0.1, 0.15) is 5.75 Å². The molecule has 0 aliphatic carbocycles. The molecule has 0 radical (unpaired) electrons. The number of hydrogen-bond donors (Lipinski definition) is 2. The Labute approximate surface area is 162 Å². The number of urea groups is 1. The Morgan fingerprint density at radius 2 is 1.96 bits per heavy atom. The number of carbonyl (C=O) groups is 2. The number of carbonyl (C=O) groups excluding carboxylic acids is 2. The van der Waals surface area contributed by atoms with E-state index in [1.165, 1.54) is 0 Å². The van der Waals surface area contributed by atoms with Gasteiger partial charge in [-0.1, -0.05) is 19.9 Å².